The summed E-state index contributed by atoms with van der Waals surface area (Å²) in [6.07, 6.45) is 4.06. The molecule has 0 aliphatic carbocycles. The van der Waals surface area contributed by atoms with Gasteiger partial charge < -0.3 is 5.11 Å². The van der Waals surface area contributed by atoms with Crippen LogP contribution < -0.4 is 0 Å². The third kappa shape index (κ3) is 9.56. The van der Waals surface area contributed by atoms with Crippen LogP contribution in [0.1, 0.15) is 92.9 Å². The predicted molar refractivity (Wildman–Crippen MR) is 214 cm³/mol. The number of halogens is 1. The Balaban J connectivity index is 0.000000317. The Labute approximate surface area is 327 Å². The van der Waals surface area contributed by atoms with Gasteiger partial charge in [0.05, 0.1) is 17.1 Å². The molecule has 0 spiro atoms. The fourth-order valence-electron chi connectivity index (χ4n) is 7.59. The molecule has 0 fully saturated rings. The fraction of sp³-hybridized carbons (Fsp3) is 0.444. The molecular weight excluding hydrogens is 844 g/mol. The second kappa shape index (κ2) is 17.6. The second-order valence-corrected chi connectivity index (χ2v) is 17.5. The number of allylic oxidation sites excluding steroid dienone is 2. The Morgan fingerprint density at radius 3 is 2.10 bits per heavy atom. The number of thiophene rings is 1. The van der Waals surface area contributed by atoms with Gasteiger partial charge in [-0.25, -0.2) is 4.39 Å². The summed E-state index contributed by atoms with van der Waals surface area (Å²) in [6.45, 7) is 25.5. The van der Waals surface area contributed by atoms with E-state index in [1.807, 2.05) is 18.2 Å². The summed E-state index contributed by atoms with van der Waals surface area (Å²) in [6, 6.07) is 18.7. The van der Waals surface area contributed by atoms with E-state index in [4.69, 9.17) is 0 Å². The van der Waals surface area contributed by atoms with Crippen molar-refractivity contribution in [3.05, 3.63) is 89.1 Å². The molecule has 0 saturated heterocycles. The molecule has 7 heteroatoms. The largest absolute Gasteiger partial charge is 0.512 e. The molecule has 1 radical (unpaired) electrons. The first-order valence-corrected chi connectivity index (χ1v) is 19.0. The van der Waals surface area contributed by atoms with Gasteiger partial charge in [-0.1, -0.05) is 124 Å². The number of carbonyl (C=O) groups excluding carboxylic acids is 1. The van der Waals surface area contributed by atoms with Crippen LogP contribution in [0.4, 0.5) is 4.39 Å². The summed E-state index contributed by atoms with van der Waals surface area (Å²) >= 11 is 1.63. The van der Waals surface area contributed by atoms with E-state index in [1.54, 1.807) is 23.6 Å². The number of aliphatic hydroxyl groups is 1. The van der Waals surface area contributed by atoms with Crippen molar-refractivity contribution in [1.82, 2.24) is 4.98 Å². The molecule has 0 bridgehead atoms. The Morgan fingerprint density at radius 1 is 0.942 bits per heavy atom. The smallest absolute Gasteiger partial charge is 0.162 e. The number of hydrogen-bond donors (Lipinski definition) is 1. The number of nitrogens with zero attached hydrogens (tertiary/aromatic N) is 2. The number of carbonyl (C=O) groups is 1. The monoisotopic (exact) mass is 898 g/mol. The van der Waals surface area contributed by atoms with Gasteiger partial charge in [0.25, 0.3) is 0 Å². The van der Waals surface area contributed by atoms with E-state index in [0.717, 1.165) is 26.6 Å². The van der Waals surface area contributed by atoms with Crippen molar-refractivity contribution in [2.45, 2.75) is 89.5 Å². The fourth-order valence-corrected chi connectivity index (χ4v) is 8.94. The maximum atomic E-state index is 14.9. The molecule has 2 aromatic heterocycles. The van der Waals surface area contributed by atoms with E-state index in [-0.39, 0.29) is 54.7 Å². The van der Waals surface area contributed by atoms with Crippen LogP contribution in [0, 0.1) is 71.1 Å². The van der Waals surface area contributed by atoms with Crippen molar-refractivity contribution in [1.29, 1.82) is 5.26 Å². The number of rotatable bonds is 9. The number of benzene rings is 3. The summed E-state index contributed by atoms with van der Waals surface area (Å²) in [4.78, 5) is 16.9. The third-order valence-corrected chi connectivity index (χ3v) is 11.0. The van der Waals surface area contributed by atoms with Crippen molar-refractivity contribution in [2.24, 2.45) is 40.9 Å². The second-order valence-electron chi connectivity index (χ2n) is 16.5. The maximum absolute atomic E-state index is 14.9. The Kier molecular flexibility index (Phi) is 14.5. The van der Waals surface area contributed by atoms with E-state index in [1.165, 1.54) is 23.3 Å². The topological polar surface area (TPSA) is 74.0 Å². The molecule has 0 aliphatic heterocycles. The van der Waals surface area contributed by atoms with Crippen LogP contribution in [0.2, 0.25) is 0 Å². The molecule has 5 rings (SSSR count). The first-order valence-electron chi connectivity index (χ1n) is 18.1. The number of aliphatic hydroxyl groups excluding tert-OH is 1. The van der Waals surface area contributed by atoms with Gasteiger partial charge in [-0.2, -0.15) is 5.26 Å². The summed E-state index contributed by atoms with van der Waals surface area (Å²) in [7, 11) is 0. The minimum absolute atomic E-state index is 0. The molecule has 0 amide bonds. The van der Waals surface area contributed by atoms with Gasteiger partial charge in [0.2, 0.25) is 0 Å². The van der Waals surface area contributed by atoms with E-state index >= 15 is 0 Å². The molecule has 2 heterocycles. The van der Waals surface area contributed by atoms with E-state index < -0.39 is 0 Å². The van der Waals surface area contributed by atoms with Gasteiger partial charge in [-0.15, -0.1) is 28.9 Å². The first-order chi connectivity index (χ1) is 23.9. The minimum atomic E-state index is -0.293. The molecule has 0 atom stereocenters. The van der Waals surface area contributed by atoms with Crippen LogP contribution in [0.15, 0.2) is 60.5 Å². The van der Waals surface area contributed by atoms with E-state index in [2.05, 4.69) is 112 Å². The molecule has 4 nitrogen and oxygen atoms in total. The molecule has 1 N–H and O–H groups in total. The number of fused-ring (bicyclic) bond motifs is 4. The average molecular weight is 898 g/mol. The van der Waals surface area contributed by atoms with Crippen LogP contribution in [0.25, 0.3) is 42.2 Å². The maximum Gasteiger partial charge on any atom is 0.162 e. The van der Waals surface area contributed by atoms with E-state index in [0.29, 0.717) is 51.3 Å². The van der Waals surface area contributed by atoms with Crippen molar-refractivity contribution < 1.29 is 34.4 Å². The normalized spacial score (nSPS) is 12.4. The van der Waals surface area contributed by atoms with Gasteiger partial charge >= 0.3 is 0 Å². The molecule has 0 saturated carbocycles. The number of aryl methyl sites for hydroxylation is 1. The third-order valence-electron chi connectivity index (χ3n) is 9.68. The minimum Gasteiger partial charge on any atom is -0.512 e. The standard InChI is InChI=1S/C28H22FN2S.C17H32O2.Ir/c1-16-18(13-28(2,3)4)9-10-22-24-20(14-30)15-31-25(27(24)32-26(16)22)19-11-17-7-5-6-8-21(17)23(29)12-19;1-10(2)16(11(3)4)14(18)9-15(19)17(12(5)6)13(7)8;/h5-10,12,15H,13H2,1-4H3;9-13,16-18H,1-8H3;/q-1;;/b;14-9-;. The van der Waals surface area contributed by atoms with Crippen LogP contribution in [0.3, 0.4) is 0 Å². The summed E-state index contributed by atoms with van der Waals surface area (Å²) in [5.41, 5.74) is 4.54. The predicted octanol–water partition coefficient (Wildman–Crippen LogP) is 12.8. The number of pyridine rings is 1. The van der Waals surface area contributed by atoms with Gasteiger partial charge in [-0.3, -0.25) is 9.78 Å². The average Bonchev–Trinajstić information content (AvgIpc) is 3.41. The van der Waals surface area contributed by atoms with Gasteiger partial charge in [-0.05, 0) is 53.6 Å². The molecular formula is C45H54FIrN2O2S-. The summed E-state index contributed by atoms with van der Waals surface area (Å²) in [5.74, 6) is 1.34. The van der Waals surface area contributed by atoms with Crippen molar-refractivity contribution in [3.63, 3.8) is 0 Å². The van der Waals surface area contributed by atoms with Crippen molar-refractivity contribution in [3.8, 4) is 17.3 Å². The van der Waals surface area contributed by atoms with Gasteiger partial charge in [0.15, 0.2) is 5.78 Å². The summed E-state index contributed by atoms with van der Waals surface area (Å²) in [5, 5.41) is 23.3. The Bertz CT molecular complexity index is 2100. The van der Waals surface area contributed by atoms with Crippen molar-refractivity contribution in [2.75, 3.05) is 0 Å². The number of aromatic nitrogens is 1. The van der Waals surface area contributed by atoms with Gasteiger partial charge in [0, 0.05) is 70.1 Å². The molecule has 52 heavy (non-hydrogen) atoms. The Hall–Kier alpha value is -3.43. The van der Waals surface area contributed by atoms with Crippen LogP contribution >= 0.6 is 11.3 Å². The van der Waals surface area contributed by atoms with Gasteiger partial charge in [0.1, 0.15) is 6.07 Å². The zero-order valence-corrected chi connectivity index (χ0v) is 35.9. The summed E-state index contributed by atoms with van der Waals surface area (Å²) < 4.78 is 16.9. The molecule has 0 aliphatic rings. The molecule has 279 valence electrons. The van der Waals surface area contributed by atoms with Crippen LogP contribution in [-0.2, 0) is 31.3 Å². The number of ketones is 1. The quantitative estimate of drug-likeness (QED) is 0.0909. The zero-order valence-electron chi connectivity index (χ0n) is 32.7. The zero-order chi connectivity index (χ0) is 37.9. The molecule has 0 unspecified atom stereocenters. The molecule has 5 aromatic rings. The number of nitriles is 1. The SMILES string of the molecule is CC(C)C(C(=O)/C=C(\O)C(C(C)C)C(C)C)C(C)C.Cc1c(CC(C)(C)C)ccc2c1sc1c(-c3[c-]c4ccccc4c(F)c3)ncc(C#N)c12.[Ir]. The van der Waals surface area contributed by atoms with E-state index in [9.17, 15) is 19.6 Å². The van der Waals surface area contributed by atoms with Crippen molar-refractivity contribution >= 4 is 48.1 Å². The first kappa shape index (κ1) is 43.0. The Morgan fingerprint density at radius 2 is 1.54 bits per heavy atom. The number of hydrogen-bond acceptors (Lipinski definition) is 5. The van der Waals surface area contributed by atoms with Crippen LogP contribution in [0.5, 0.6) is 0 Å². The van der Waals surface area contributed by atoms with Crippen LogP contribution in [-0.4, -0.2) is 15.9 Å². The molecule has 3 aromatic carbocycles.